The molecule has 1 amide bonds. The highest BCUT2D eigenvalue weighted by Gasteiger charge is 2.25. The van der Waals surface area contributed by atoms with Gasteiger partial charge in [-0.3, -0.25) is 9.79 Å². The summed E-state index contributed by atoms with van der Waals surface area (Å²) in [5.74, 6) is 0.525. The molecule has 0 saturated heterocycles. The van der Waals surface area contributed by atoms with Gasteiger partial charge in [-0.15, -0.1) is 24.0 Å². The van der Waals surface area contributed by atoms with Gasteiger partial charge in [0.25, 0.3) is 5.91 Å². The molecule has 1 rings (SSSR count). The zero-order valence-corrected chi connectivity index (χ0v) is 20.1. The summed E-state index contributed by atoms with van der Waals surface area (Å²) < 4.78 is 0. The second-order valence-corrected chi connectivity index (χ2v) is 6.95. The van der Waals surface area contributed by atoms with Gasteiger partial charge >= 0.3 is 0 Å². The maximum absolute atomic E-state index is 12.1. The number of nitrogens with zero attached hydrogens (tertiary/aromatic N) is 1. The van der Waals surface area contributed by atoms with Crippen LogP contribution in [0.4, 0.5) is 0 Å². The van der Waals surface area contributed by atoms with Crippen LogP contribution in [-0.2, 0) is 0 Å². The van der Waals surface area contributed by atoms with E-state index in [9.17, 15) is 9.90 Å². The lowest BCUT2D eigenvalue weighted by Gasteiger charge is -2.29. The van der Waals surface area contributed by atoms with Crippen LogP contribution in [0.3, 0.4) is 0 Å². The Morgan fingerprint density at radius 2 is 1.75 bits per heavy atom. The Bertz CT molecular complexity index is 610. The van der Waals surface area contributed by atoms with Crippen molar-refractivity contribution in [2.24, 2.45) is 10.4 Å². The van der Waals surface area contributed by atoms with E-state index >= 15 is 0 Å². The van der Waals surface area contributed by atoms with E-state index < -0.39 is 0 Å². The zero-order chi connectivity index (χ0) is 20.1. The third kappa shape index (κ3) is 8.96. The quantitative estimate of drug-likeness (QED) is 0.155. The fourth-order valence-electron chi connectivity index (χ4n) is 2.83. The molecule has 0 aromatic heterocycles. The number of carbonyl (C=O) groups excluding carboxylic acids is 1. The van der Waals surface area contributed by atoms with Crippen LogP contribution in [0.25, 0.3) is 0 Å². The Morgan fingerprint density at radius 1 is 1.11 bits per heavy atom. The van der Waals surface area contributed by atoms with Crippen molar-refractivity contribution < 1.29 is 9.90 Å². The van der Waals surface area contributed by atoms with Crippen LogP contribution in [-0.4, -0.2) is 49.8 Å². The largest absolute Gasteiger partial charge is 0.396 e. The van der Waals surface area contributed by atoms with Crippen LogP contribution in [0.15, 0.2) is 29.3 Å². The van der Waals surface area contributed by atoms with Gasteiger partial charge < -0.3 is 21.1 Å². The van der Waals surface area contributed by atoms with E-state index in [2.05, 4.69) is 34.8 Å². The number of amides is 1. The molecule has 4 N–H and O–H groups in total. The van der Waals surface area contributed by atoms with Gasteiger partial charge in [-0.05, 0) is 43.7 Å². The fraction of sp³-hybridized carbons (Fsp3) is 0.600. The lowest BCUT2D eigenvalue weighted by Crippen LogP contribution is -2.42. The van der Waals surface area contributed by atoms with Crippen LogP contribution in [0.1, 0.15) is 50.4 Å². The normalized spacial score (nSPS) is 11.5. The molecule has 0 atom stereocenters. The first-order chi connectivity index (χ1) is 13.0. The second kappa shape index (κ2) is 14.9. The Kier molecular flexibility index (Phi) is 14.3. The summed E-state index contributed by atoms with van der Waals surface area (Å²) in [7, 11) is 0. The van der Waals surface area contributed by atoms with Gasteiger partial charge in [0.15, 0.2) is 5.96 Å². The number of aliphatic hydroxyl groups excluding tert-OH is 1. The number of hydrogen-bond acceptors (Lipinski definition) is 3. The molecule has 0 unspecified atom stereocenters. The molecule has 0 heterocycles. The zero-order valence-electron chi connectivity index (χ0n) is 17.1. The maximum atomic E-state index is 12.1. The van der Waals surface area contributed by atoms with E-state index in [0.29, 0.717) is 36.2 Å². The minimum atomic E-state index is -0.191. The molecule has 0 spiro atoms. The molecule has 8 heteroatoms. The molecule has 28 heavy (non-hydrogen) atoms. The summed E-state index contributed by atoms with van der Waals surface area (Å²) in [6, 6.07) is 6.98. The van der Waals surface area contributed by atoms with Gasteiger partial charge in [-0.2, -0.15) is 0 Å². The van der Waals surface area contributed by atoms with Crippen LogP contribution in [0.2, 0.25) is 5.02 Å². The standard InChI is InChI=1S/C20H33ClN4O2.HI/c1-4-20(5-2,11-14-26)15-25-19(22-6-3)24-13-12-23-18(27)16-9-7-8-10-17(16)21;/h7-10,26H,4-6,11-15H2,1-3H3,(H,23,27)(H2,22,24,25);1H. The van der Waals surface area contributed by atoms with Crippen molar-refractivity contribution in [3.8, 4) is 0 Å². The minimum Gasteiger partial charge on any atom is -0.396 e. The molecule has 1 aromatic carbocycles. The third-order valence-corrected chi connectivity index (χ3v) is 5.21. The SMILES string of the molecule is CCNC(=NCC(CC)(CC)CCO)NCCNC(=O)c1ccccc1Cl.I. The predicted octanol–water partition coefficient (Wildman–Crippen LogP) is 3.43. The van der Waals surface area contributed by atoms with E-state index in [1.165, 1.54) is 0 Å². The monoisotopic (exact) mass is 524 g/mol. The number of guanidine groups is 1. The number of aliphatic hydroxyl groups is 1. The minimum absolute atomic E-state index is 0. The van der Waals surface area contributed by atoms with Gasteiger partial charge in [0.1, 0.15) is 0 Å². The lowest BCUT2D eigenvalue weighted by atomic mass is 9.79. The molecule has 0 aliphatic carbocycles. The lowest BCUT2D eigenvalue weighted by molar-refractivity contribution is 0.0954. The van der Waals surface area contributed by atoms with E-state index in [1.807, 2.05) is 6.92 Å². The first kappa shape index (κ1) is 26.9. The van der Waals surface area contributed by atoms with E-state index in [4.69, 9.17) is 11.6 Å². The maximum Gasteiger partial charge on any atom is 0.252 e. The molecular formula is C20H34ClIN4O2. The number of carbonyl (C=O) groups is 1. The Labute approximate surface area is 190 Å². The van der Waals surface area contributed by atoms with Gasteiger partial charge in [-0.1, -0.05) is 37.6 Å². The average molecular weight is 525 g/mol. The summed E-state index contributed by atoms with van der Waals surface area (Å²) in [4.78, 5) is 16.8. The number of nitrogens with one attached hydrogen (secondary N) is 3. The summed E-state index contributed by atoms with van der Waals surface area (Å²) >= 11 is 6.04. The van der Waals surface area contributed by atoms with Crippen molar-refractivity contribution in [2.45, 2.75) is 40.0 Å². The predicted molar refractivity (Wildman–Crippen MR) is 128 cm³/mol. The smallest absolute Gasteiger partial charge is 0.252 e. The van der Waals surface area contributed by atoms with Crippen molar-refractivity contribution in [3.05, 3.63) is 34.9 Å². The second-order valence-electron chi connectivity index (χ2n) is 6.54. The molecule has 1 aromatic rings. The molecule has 0 saturated carbocycles. The summed E-state index contributed by atoms with van der Waals surface area (Å²) in [5.41, 5.74) is 0.495. The molecular weight excluding hydrogens is 491 g/mol. The molecule has 0 fully saturated rings. The molecule has 0 aliphatic heterocycles. The highest BCUT2D eigenvalue weighted by atomic mass is 127. The first-order valence-corrected chi connectivity index (χ1v) is 10.1. The van der Waals surface area contributed by atoms with Crippen molar-refractivity contribution >= 4 is 47.4 Å². The van der Waals surface area contributed by atoms with Crippen LogP contribution >= 0.6 is 35.6 Å². The molecule has 6 nitrogen and oxygen atoms in total. The fourth-order valence-corrected chi connectivity index (χ4v) is 3.05. The Hall–Kier alpha value is -1.06. The summed E-state index contributed by atoms with van der Waals surface area (Å²) in [5, 5.41) is 19.1. The van der Waals surface area contributed by atoms with Crippen molar-refractivity contribution in [3.63, 3.8) is 0 Å². The molecule has 0 bridgehead atoms. The van der Waals surface area contributed by atoms with Crippen LogP contribution in [0.5, 0.6) is 0 Å². The van der Waals surface area contributed by atoms with Gasteiger partial charge in [0.05, 0.1) is 10.6 Å². The topological polar surface area (TPSA) is 85.8 Å². The van der Waals surface area contributed by atoms with E-state index in [0.717, 1.165) is 25.8 Å². The van der Waals surface area contributed by atoms with Gasteiger partial charge in [0.2, 0.25) is 0 Å². The van der Waals surface area contributed by atoms with E-state index in [-0.39, 0.29) is 41.9 Å². The molecule has 0 radical (unpaired) electrons. The highest BCUT2D eigenvalue weighted by molar-refractivity contribution is 14.0. The number of rotatable bonds is 11. The van der Waals surface area contributed by atoms with Crippen molar-refractivity contribution in [1.29, 1.82) is 0 Å². The van der Waals surface area contributed by atoms with Crippen molar-refractivity contribution in [2.75, 3.05) is 32.8 Å². The average Bonchev–Trinajstić information content (AvgIpc) is 2.68. The number of aliphatic imine (C=N–C) groups is 1. The Morgan fingerprint density at radius 3 is 2.32 bits per heavy atom. The summed E-state index contributed by atoms with van der Waals surface area (Å²) in [6.07, 6.45) is 2.69. The van der Waals surface area contributed by atoms with E-state index in [1.54, 1.807) is 24.3 Å². The van der Waals surface area contributed by atoms with Crippen LogP contribution < -0.4 is 16.0 Å². The first-order valence-electron chi connectivity index (χ1n) is 9.67. The van der Waals surface area contributed by atoms with Gasteiger partial charge in [-0.25, -0.2) is 0 Å². The van der Waals surface area contributed by atoms with Crippen molar-refractivity contribution in [1.82, 2.24) is 16.0 Å². The molecule has 0 aliphatic rings. The summed E-state index contributed by atoms with van der Waals surface area (Å²) in [6.45, 7) is 8.88. The Balaban J connectivity index is 0.00000729. The van der Waals surface area contributed by atoms with Crippen LogP contribution in [0, 0.1) is 5.41 Å². The number of hydrogen-bond donors (Lipinski definition) is 4. The highest BCUT2D eigenvalue weighted by Crippen LogP contribution is 2.30. The number of halogens is 2. The molecule has 160 valence electrons. The third-order valence-electron chi connectivity index (χ3n) is 4.88. The van der Waals surface area contributed by atoms with Gasteiger partial charge in [0, 0.05) is 32.8 Å². The number of benzene rings is 1.